The third-order valence-corrected chi connectivity index (χ3v) is 3.98. The first-order chi connectivity index (χ1) is 7.86. The van der Waals surface area contributed by atoms with Gasteiger partial charge in [-0.2, -0.15) is 0 Å². The predicted octanol–water partition coefficient (Wildman–Crippen LogP) is 2.74. The summed E-state index contributed by atoms with van der Waals surface area (Å²) in [5.74, 6) is 1.46. The fourth-order valence-corrected chi connectivity index (χ4v) is 2.75. The molecule has 0 radical (unpaired) electrons. The van der Waals surface area contributed by atoms with Crippen molar-refractivity contribution >= 4 is 5.97 Å². The number of carbonyl (C=O) groups is 1. The molecule has 0 saturated heterocycles. The number of esters is 1. The van der Waals surface area contributed by atoms with Crippen LogP contribution in [-0.4, -0.2) is 24.7 Å². The van der Waals surface area contributed by atoms with Gasteiger partial charge in [-0.15, -0.1) is 0 Å². The van der Waals surface area contributed by atoms with Crippen LogP contribution in [0.3, 0.4) is 0 Å². The first kappa shape index (κ1) is 14.5. The molecule has 1 aliphatic carbocycles. The third-order valence-electron chi connectivity index (χ3n) is 3.98. The fourth-order valence-electron chi connectivity index (χ4n) is 2.75. The average molecular weight is 241 g/mol. The van der Waals surface area contributed by atoms with Gasteiger partial charge in [0.2, 0.25) is 0 Å². The molecule has 3 heteroatoms. The van der Waals surface area contributed by atoms with E-state index >= 15 is 0 Å². The summed E-state index contributed by atoms with van der Waals surface area (Å²) in [5.41, 5.74) is -0.565. The van der Waals surface area contributed by atoms with Crippen LogP contribution in [-0.2, 0) is 9.53 Å². The summed E-state index contributed by atoms with van der Waals surface area (Å²) >= 11 is 0. The lowest BCUT2D eigenvalue weighted by Gasteiger charge is -2.35. The molecule has 0 bridgehead atoms. The van der Waals surface area contributed by atoms with Gasteiger partial charge in [0.1, 0.15) is 5.54 Å². The number of methoxy groups -OCH3 is 1. The topological polar surface area (TPSA) is 38.3 Å². The highest BCUT2D eigenvalue weighted by Crippen LogP contribution is 2.30. The first-order valence-corrected chi connectivity index (χ1v) is 6.73. The van der Waals surface area contributed by atoms with Crippen molar-refractivity contribution in [2.45, 2.75) is 65.0 Å². The summed E-state index contributed by atoms with van der Waals surface area (Å²) in [4.78, 5) is 11.6. The van der Waals surface area contributed by atoms with Crippen molar-refractivity contribution < 1.29 is 9.53 Å². The molecule has 0 unspecified atom stereocenters. The minimum atomic E-state index is -0.565. The molecule has 1 aliphatic rings. The summed E-state index contributed by atoms with van der Waals surface area (Å²) in [6.45, 7) is 8.40. The van der Waals surface area contributed by atoms with E-state index in [4.69, 9.17) is 4.74 Å². The van der Waals surface area contributed by atoms with Crippen LogP contribution in [0, 0.1) is 11.8 Å². The van der Waals surface area contributed by atoms with Crippen LogP contribution in [0.4, 0.5) is 0 Å². The van der Waals surface area contributed by atoms with Crippen LogP contribution < -0.4 is 5.32 Å². The van der Waals surface area contributed by atoms with Gasteiger partial charge in [-0.1, -0.05) is 13.8 Å². The molecule has 17 heavy (non-hydrogen) atoms. The molecule has 0 aromatic heterocycles. The lowest BCUT2D eigenvalue weighted by atomic mass is 9.79. The summed E-state index contributed by atoms with van der Waals surface area (Å²) in [7, 11) is 1.45. The highest BCUT2D eigenvalue weighted by Gasteiger charge is 2.33. The highest BCUT2D eigenvalue weighted by atomic mass is 16.5. The van der Waals surface area contributed by atoms with Crippen molar-refractivity contribution in [1.82, 2.24) is 5.32 Å². The molecule has 0 atom stereocenters. The van der Waals surface area contributed by atoms with Gasteiger partial charge < -0.3 is 4.74 Å². The van der Waals surface area contributed by atoms with Crippen molar-refractivity contribution in [3.63, 3.8) is 0 Å². The second kappa shape index (κ2) is 5.85. The van der Waals surface area contributed by atoms with E-state index in [0.717, 1.165) is 11.8 Å². The quantitative estimate of drug-likeness (QED) is 0.769. The van der Waals surface area contributed by atoms with E-state index in [1.165, 1.54) is 32.8 Å². The number of nitrogens with one attached hydrogen (secondary N) is 1. The lowest BCUT2D eigenvalue weighted by molar-refractivity contribution is -0.147. The van der Waals surface area contributed by atoms with Crippen molar-refractivity contribution in [1.29, 1.82) is 0 Å². The Bertz CT molecular complexity index is 253. The first-order valence-electron chi connectivity index (χ1n) is 6.73. The molecule has 3 nitrogen and oxygen atoms in total. The van der Waals surface area contributed by atoms with Crippen LogP contribution >= 0.6 is 0 Å². The molecule has 0 heterocycles. The molecule has 1 rings (SSSR count). The summed E-state index contributed by atoms with van der Waals surface area (Å²) in [6.07, 6.45) is 4.88. The van der Waals surface area contributed by atoms with Gasteiger partial charge in [-0.05, 0) is 51.4 Å². The van der Waals surface area contributed by atoms with E-state index in [1.54, 1.807) is 0 Å². The standard InChI is InChI=1S/C14H27NO2/c1-10(2)11-6-8-12(9-7-11)15-14(3,4)13(16)17-5/h10-12,15H,6-9H2,1-5H3. The average Bonchev–Trinajstić information content (AvgIpc) is 2.28. The molecule has 100 valence electrons. The van der Waals surface area contributed by atoms with E-state index in [-0.39, 0.29) is 5.97 Å². The largest absolute Gasteiger partial charge is 0.468 e. The maximum atomic E-state index is 11.6. The molecular weight excluding hydrogens is 214 g/mol. The van der Waals surface area contributed by atoms with Crippen LogP contribution in [0.15, 0.2) is 0 Å². The minimum Gasteiger partial charge on any atom is -0.468 e. The Kier molecular flexibility index (Phi) is 4.99. The molecule has 1 fully saturated rings. The Hall–Kier alpha value is -0.570. The summed E-state index contributed by atoms with van der Waals surface area (Å²) in [6, 6.07) is 0.457. The SMILES string of the molecule is COC(=O)C(C)(C)NC1CCC(C(C)C)CC1. The van der Waals surface area contributed by atoms with Gasteiger partial charge in [-0.25, -0.2) is 0 Å². The monoisotopic (exact) mass is 241 g/mol. The number of hydrogen-bond acceptors (Lipinski definition) is 3. The zero-order valence-corrected chi connectivity index (χ0v) is 11.9. The lowest BCUT2D eigenvalue weighted by Crippen LogP contribution is -2.53. The summed E-state index contributed by atoms with van der Waals surface area (Å²) in [5, 5.41) is 3.43. The predicted molar refractivity (Wildman–Crippen MR) is 69.8 cm³/mol. The maximum Gasteiger partial charge on any atom is 0.325 e. The van der Waals surface area contributed by atoms with Crippen LogP contribution in [0.5, 0.6) is 0 Å². The Morgan fingerprint density at radius 3 is 2.18 bits per heavy atom. The molecule has 0 aromatic rings. The van der Waals surface area contributed by atoms with Gasteiger partial charge >= 0.3 is 5.97 Å². The van der Waals surface area contributed by atoms with E-state index in [9.17, 15) is 4.79 Å². The molecule has 0 amide bonds. The van der Waals surface area contributed by atoms with Gasteiger partial charge in [0.15, 0.2) is 0 Å². The Labute approximate surface area is 105 Å². The molecule has 1 N–H and O–H groups in total. The zero-order valence-electron chi connectivity index (χ0n) is 11.9. The van der Waals surface area contributed by atoms with E-state index in [1.807, 2.05) is 13.8 Å². The van der Waals surface area contributed by atoms with E-state index < -0.39 is 5.54 Å². The number of ether oxygens (including phenoxy) is 1. The molecule has 1 saturated carbocycles. The van der Waals surface area contributed by atoms with Crippen molar-refractivity contribution in [2.75, 3.05) is 7.11 Å². The summed E-state index contributed by atoms with van der Waals surface area (Å²) < 4.78 is 4.81. The number of hydrogen-bond donors (Lipinski definition) is 1. The minimum absolute atomic E-state index is 0.177. The Balaban J connectivity index is 2.42. The van der Waals surface area contributed by atoms with E-state index in [2.05, 4.69) is 19.2 Å². The molecular formula is C14H27NO2. The normalized spacial score (nSPS) is 26.0. The Morgan fingerprint density at radius 2 is 1.76 bits per heavy atom. The third kappa shape index (κ3) is 3.98. The van der Waals surface area contributed by atoms with Gasteiger partial charge in [-0.3, -0.25) is 10.1 Å². The van der Waals surface area contributed by atoms with Gasteiger partial charge in [0.25, 0.3) is 0 Å². The molecule has 0 spiro atoms. The molecule has 0 aliphatic heterocycles. The van der Waals surface area contributed by atoms with Crippen LogP contribution in [0.2, 0.25) is 0 Å². The number of carbonyl (C=O) groups excluding carboxylic acids is 1. The number of rotatable bonds is 4. The molecule has 0 aromatic carbocycles. The van der Waals surface area contributed by atoms with E-state index in [0.29, 0.717) is 6.04 Å². The fraction of sp³-hybridized carbons (Fsp3) is 0.929. The van der Waals surface area contributed by atoms with Crippen molar-refractivity contribution in [3.8, 4) is 0 Å². The Morgan fingerprint density at radius 1 is 1.24 bits per heavy atom. The van der Waals surface area contributed by atoms with Crippen LogP contribution in [0.25, 0.3) is 0 Å². The zero-order chi connectivity index (χ0) is 13.1. The maximum absolute atomic E-state index is 11.6. The second-order valence-corrected chi connectivity index (χ2v) is 6.12. The van der Waals surface area contributed by atoms with Crippen LogP contribution in [0.1, 0.15) is 53.4 Å². The second-order valence-electron chi connectivity index (χ2n) is 6.12. The van der Waals surface area contributed by atoms with Gasteiger partial charge in [0, 0.05) is 6.04 Å². The highest BCUT2D eigenvalue weighted by molar-refractivity contribution is 5.79. The van der Waals surface area contributed by atoms with Crippen molar-refractivity contribution in [3.05, 3.63) is 0 Å². The smallest absolute Gasteiger partial charge is 0.325 e. The van der Waals surface area contributed by atoms with Gasteiger partial charge in [0.05, 0.1) is 7.11 Å². The van der Waals surface area contributed by atoms with Crippen molar-refractivity contribution in [2.24, 2.45) is 11.8 Å².